The van der Waals surface area contributed by atoms with E-state index >= 15 is 0 Å². The van der Waals surface area contributed by atoms with Crippen molar-refractivity contribution in [1.82, 2.24) is 4.98 Å². The van der Waals surface area contributed by atoms with Gasteiger partial charge in [-0.25, -0.2) is 4.98 Å². The molecule has 0 saturated heterocycles. The normalized spacial score (nSPS) is 12.0. The number of carbonyl (C=O) groups excluding carboxylic acids is 1. The van der Waals surface area contributed by atoms with E-state index in [1.807, 2.05) is 42.5 Å². The average Bonchev–Trinajstić information content (AvgIpc) is 3.32. The number of amides is 1. The van der Waals surface area contributed by atoms with Crippen molar-refractivity contribution in [1.29, 1.82) is 0 Å². The highest BCUT2D eigenvalue weighted by molar-refractivity contribution is 6.04. The van der Waals surface area contributed by atoms with Gasteiger partial charge in [-0.15, -0.1) is 0 Å². The predicted molar refractivity (Wildman–Crippen MR) is 142 cm³/mol. The Kier molecular flexibility index (Phi) is 8.19. The first-order valence-electron chi connectivity index (χ1n) is 12.6. The van der Waals surface area contributed by atoms with Gasteiger partial charge in [-0.2, -0.15) is 0 Å². The van der Waals surface area contributed by atoms with Gasteiger partial charge in [0.25, 0.3) is 5.91 Å². The van der Waals surface area contributed by atoms with E-state index in [1.165, 1.54) is 24.8 Å². The Labute approximate surface area is 207 Å². The number of fused-ring (bicyclic) bond motifs is 1. The third kappa shape index (κ3) is 6.30. The Morgan fingerprint density at radius 1 is 0.971 bits per heavy atom. The molecule has 0 unspecified atom stereocenters. The van der Waals surface area contributed by atoms with Crippen LogP contribution in [-0.4, -0.2) is 17.5 Å². The van der Waals surface area contributed by atoms with E-state index in [0.717, 1.165) is 35.3 Å². The number of hydrogen-bond donors (Lipinski definition) is 1. The van der Waals surface area contributed by atoms with Crippen LogP contribution in [0.5, 0.6) is 5.75 Å². The highest BCUT2D eigenvalue weighted by Crippen LogP contribution is 2.28. The highest BCUT2D eigenvalue weighted by Gasteiger charge is 2.12. The molecule has 0 fully saturated rings. The van der Waals surface area contributed by atoms with E-state index in [9.17, 15) is 4.79 Å². The van der Waals surface area contributed by atoms with Gasteiger partial charge in [0.1, 0.15) is 11.3 Å². The van der Waals surface area contributed by atoms with Crippen molar-refractivity contribution in [3.05, 3.63) is 77.9 Å². The van der Waals surface area contributed by atoms with Crippen LogP contribution in [-0.2, 0) is 0 Å². The number of unbranched alkanes of at least 4 members (excludes halogenated alkanes) is 3. The Bertz CT molecular complexity index is 1240. The second-order valence-electron chi connectivity index (χ2n) is 9.02. The lowest BCUT2D eigenvalue weighted by atomic mass is 9.98. The molecule has 182 valence electrons. The minimum Gasteiger partial charge on any atom is -0.494 e. The maximum absolute atomic E-state index is 12.7. The van der Waals surface area contributed by atoms with Crippen LogP contribution in [0.25, 0.3) is 22.6 Å². The number of rotatable bonds is 11. The van der Waals surface area contributed by atoms with Gasteiger partial charge < -0.3 is 14.5 Å². The first-order chi connectivity index (χ1) is 17.1. The molecule has 4 rings (SSSR count). The Balaban J connectivity index is 1.36. The molecule has 0 aliphatic rings. The van der Waals surface area contributed by atoms with Crippen LogP contribution in [0.15, 0.2) is 71.1 Å². The molecule has 1 heterocycles. The van der Waals surface area contributed by atoms with Crippen molar-refractivity contribution in [2.75, 3.05) is 11.9 Å². The van der Waals surface area contributed by atoms with Crippen molar-refractivity contribution in [2.45, 2.75) is 58.8 Å². The zero-order valence-corrected chi connectivity index (χ0v) is 20.8. The number of nitrogens with zero attached hydrogens (tertiary/aromatic N) is 1. The quantitative estimate of drug-likeness (QED) is 0.224. The maximum atomic E-state index is 12.7. The second-order valence-corrected chi connectivity index (χ2v) is 9.02. The van der Waals surface area contributed by atoms with E-state index in [0.29, 0.717) is 29.7 Å². The Hall–Kier alpha value is -3.60. The summed E-state index contributed by atoms with van der Waals surface area (Å²) >= 11 is 0. The fourth-order valence-electron chi connectivity index (χ4n) is 3.93. The summed E-state index contributed by atoms with van der Waals surface area (Å²) in [5, 5.41) is 2.94. The topological polar surface area (TPSA) is 64.4 Å². The lowest BCUT2D eigenvalue weighted by molar-refractivity contribution is 0.102. The van der Waals surface area contributed by atoms with E-state index < -0.39 is 0 Å². The summed E-state index contributed by atoms with van der Waals surface area (Å²) in [6.07, 6.45) is 5.76. The molecule has 1 aromatic heterocycles. The van der Waals surface area contributed by atoms with Crippen LogP contribution in [0.2, 0.25) is 0 Å². The van der Waals surface area contributed by atoms with Crippen LogP contribution in [0.4, 0.5) is 5.69 Å². The molecule has 1 amide bonds. The number of ether oxygens (including phenoxy) is 1. The van der Waals surface area contributed by atoms with Crippen molar-refractivity contribution in [3.63, 3.8) is 0 Å². The van der Waals surface area contributed by atoms with Crippen molar-refractivity contribution in [2.24, 2.45) is 0 Å². The highest BCUT2D eigenvalue weighted by atomic mass is 16.5. The summed E-state index contributed by atoms with van der Waals surface area (Å²) < 4.78 is 11.7. The SMILES string of the molecule is CCCCCCOc1ccc(C(=O)Nc2ccc(-c3nc4cc([C@@H](C)CC)ccc4o3)cc2)cc1. The van der Waals surface area contributed by atoms with Gasteiger partial charge in [0, 0.05) is 16.8 Å². The Morgan fingerprint density at radius 3 is 2.46 bits per heavy atom. The van der Waals surface area contributed by atoms with Crippen molar-refractivity contribution >= 4 is 22.7 Å². The van der Waals surface area contributed by atoms with Crippen LogP contribution >= 0.6 is 0 Å². The smallest absolute Gasteiger partial charge is 0.255 e. The molecule has 0 radical (unpaired) electrons. The van der Waals surface area contributed by atoms with Gasteiger partial charge in [-0.3, -0.25) is 4.79 Å². The van der Waals surface area contributed by atoms with Gasteiger partial charge >= 0.3 is 0 Å². The molecule has 35 heavy (non-hydrogen) atoms. The van der Waals surface area contributed by atoms with Gasteiger partial charge in [-0.1, -0.05) is 46.1 Å². The first-order valence-corrected chi connectivity index (χ1v) is 12.6. The molecule has 0 spiro atoms. The third-order valence-corrected chi connectivity index (χ3v) is 6.37. The average molecular weight is 471 g/mol. The molecule has 0 bridgehead atoms. The predicted octanol–water partition coefficient (Wildman–Crippen LogP) is 8.22. The third-order valence-electron chi connectivity index (χ3n) is 6.37. The standard InChI is InChI=1S/C30H34N2O3/c1-4-6-7-8-19-34-26-16-11-22(12-17-26)29(33)31-25-14-9-23(10-15-25)30-32-27-20-24(21(3)5-2)13-18-28(27)35-30/h9-18,20-21H,4-8,19H2,1-3H3,(H,31,33)/t21-/m0/s1. The number of aromatic nitrogens is 1. The summed E-state index contributed by atoms with van der Waals surface area (Å²) in [4.78, 5) is 17.3. The summed E-state index contributed by atoms with van der Waals surface area (Å²) in [6.45, 7) is 7.30. The molecular formula is C30H34N2O3. The zero-order chi connectivity index (χ0) is 24.6. The molecular weight excluding hydrogens is 436 g/mol. The summed E-state index contributed by atoms with van der Waals surface area (Å²) in [7, 11) is 0. The summed E-state index contributed by atoms with van der Waals surface area (Å²) in [5.74, 6) is 1.69. The number of benzene rings is 3. The fourth-order valence-corrected chi connectivity index (χ4v) is 3.93. The summed E-state index contributed by atoms with van der Waals surface area (Å²) in [5.41, 5.74) is 5.07. The van der Waals surface area contributed by atoms with Crippen molar-refractivity contribution in [3.8, 4) is 17.2 Å². The van der Waals surface area contributed by atoms with Crippen LogP contribution in [0.3, 0.4) is 0 Å². The molecule has 0 saturated carbocycles. The number of nitrogens with one attached hydrogen (secondary N) is 1. The zero-order valence-electron chi connectivity index (χ0n) is 20.8. The Morgan fingerprint density at radius 2 is 1.74 bits per heavy atom. The van der Waals surface area contributed by atoms with E-state index in [4.69, 9.17) is 9.15 Å². The van der Waals surface area contributed by atoms with Gasteiger partial charge in [0.2, 0.25) is 5.89 Å². The first kappa shape index (κ1) is 24.5. The van der Waals surface area contributed by atoms with Crippen molar-refractivity contribution < 1.29 is 13.9 Å². The lowest BCUT2D eigenvalue weighted by Crippen LogP contribution is -2.11. The number of carbonyl (C=O) groups is 1. The van der Waals surface area contributed by atoms with Crippen LogP contribution < -0.4 is 10.1 Å². The minimum atomic E-state index is -0.160. The lowest BCUT2D eigenvalue weighted by Gasteiger charge is -2.08. The maximum Gasteiger partial charge on any atom is 0.255 e. The number of hydrogen-bond acceptors (Lipinski definition) is 4. The van der Waals surface area contributed by atoms with E-state index in [1.54, 1.807) is 12.1 Å². The van der Waals surface area contributed by atoms with Crippen LogP contribution in [0, 0.1) is 0 Å². The number of anilines is 1. The molecule has 3 aromatic carbocycles. The van der Waals surface area contributed by atoms with E-state index in [2.05, 4.69) is 43.2 Å². The van der Waals surface area contributed by atoms with Gasteiger partial charge in [0.05, 0.1) is 6.61 Å². The molecule has 4 aromatic rings. The molecule has 1 N–H and O–H groups in total. The van der Waals surface area contributed by atoms with Gasteiger partial charge in [-0.05, 0) is 85.0 Å². The minimum absolute atomic E-state index is 0.160. The largest absolute Gasteiger partial charge is 0.494 e. The summed E-state index contributed by atoms with van der Waals surface area (Å²) in [6, 6.07) is 21.0. The molecule has 0 aliphatic heterocycles. The molecule has 5 nitrogen and oxygen atoms in total. The molecule has 5 heteroatoms. The fraction of sp³-hybridized carbons (Fsp3) is 0.333. The molecule has 0 aliphatic carbocycles. The van der Waals surface area contributed by atoms with E-state index in [-0.39, 0.29) is 5.91 Å². The second kappa shape index (κ2) is 11.7. The van der Waals surface area contributed by atoms with Gasteiger partial charge in [0.15, 0.2) is 5.58 Å². The molecule has 1 atom stereocenters. The van der Waals surface area contributed by atoms with Crippen LogP contribution in [0.1, 0.15) is 74.7 Å². The number of oxazole rings is 1. The monoisotopic (exact) mass is 470 g/mol.